The van der Waals surface area contributed by atoms with Crippen LogP contribution in [0.2, 0.25) is 0 Å². The molecular weight excluding hydrogens is 252 g/mol. The van der Waals surface area contributed by atoms with Crippen molar-refractivity contribution in [3.8, 4) is 0 Å². The Hall–Kier alpha value is -0.770. The second-order valence-electron chi connectivity index (χ2n) is 6.82. The molecule has 0 aliphatic heterocycles. The first-order valence-electron chi connectivity index (χ1n) is 8.16. The number of nitrogens with one attached hydrogen (secondary N) is 2. The van der Waals surface area contributed by atoms with E-state index in [4.69, 9.17) is 5.11 Å². The highest BCUT2D eigenvalue weighted by Crippen LogP contribution is 2.23. The average molecular weight is 284 g/mol. The zero-order valence-electron chi connectivity index (χ0n) is 13.3. The van der Waals surface area contributed by atoms with Crippen LogP contribution in [0.15, 0.2) is 0 Å². The molecule has 0 bridgehead atoms. The predicted molar refractivity (Wildman–Crippen MR) is 82.6 cm³/mol. The van der Waals surface area contributed by atoms with Gasteiger partial charge in [-0.25, -0.2) is 4.79 Å². The fourth-order valence-corrected chi connectivity index (χ4v) is 3.03. The lowest BCUT2D eigenvalue weighted by molar-refractivity contribution is 0.217. The lowest BCUT2D eigenvalue weighted by Gasteiger charge is -2.27. The summed E-state index contributed by atoms with van der Waals surface area (Å²) in [6.07, 6.45) is 6.43. The van der Waals surface area contributed by atoms with Crippen molar-refractivity contribution in [2.24, 2.45) is 17.8 Å². The van der Waals surface area contributed by atoms with Crippen LogP contribution in [-0.2, 0) is 0 Å². The summed E-state index contributed by atoms with van der Waals surface area (Å²) in [5.74, 6) is 1.77. The standard InChI is InChI=1S/C16H32N2O2/c1-12(2)10-14(8-9-19)11-17-16(20)18-15-6-4-13(3)5-7-15/h12-15,19H,4-11H2,1-3H3,(H2,17,18,20). The van der Waals surface area contributed by atoms with Gasteiger partial charge in [-0.05, 0) is 56.3 Å². The van der Waals surface area contributed by atoms with E-state index >= 15 is 0 Å². The van der Waals surface area contributed by atoms with Gasteiger partial charge in [-0.1, -0.05) is 20.8 Å². The lowest BCUT2D eigenvalue weighted by Crippen LogP contribution is -2.45. The van der Waals surface area contributed by atoms with E-state index in [2.05, 4.69) is 31.4 Å². The van der Waals surface area contributed by atoms with Gasteiger partial charge in [0.15, 0.2) is 0 Å². The normalized spacial score (nSPS) is 24.4. The molecule has 0 aromatic heterocycles. The van der Waals surface area contributed by atoms with Crippen molar-refractivity contribution in [3.05, 3.63) is 0 Å². The van der Waals surface area contributed by atoms with Crippen molar-refractivity contribution in [3.63, 3.8) is 0 Å². The van der Waals surface area contributed by atoms with Gasteiger partial charge in [0.2, 0.25) is 0 Å². The maximum Gasteiger partial charge on any atom is 0.315 e. The molecule has 20 heavy (non-hydrogen) atoms. The number of carbonyl (C=O) groups is 1. The molecule has 4 heteroatoms. The molecule has 1 unspecified atom stereocenters. The minimum Gasteiger partial charge on any atom is -0.396 e. The van der Waals surface area contributed by atoms with E-state index in [-0.39, 0.29) is 12.6 Å². The van der Waals surface area contributed by atoms with E-state index < -0.39 is 0 Å². The van der Waals surface area contributed by atoms with Crippen LogP contribution in [0.3, 0.4) is 0 Å². The Bertz CT molecular complexity index is 274. The van der Waals surface area contributed by atoms with Gasteiger partial charge < -0.3 is 15.7 Å². The summed E-state index contributed by atoms with van der Waals surface area (Å²) in [4.78, 5) is 11.9. The molecule has 0 saturated heterocycles. The first-order chi connectivity index (χ1) is 9.51. The summed E-state index contributed by atoms with van der Waals surface area (Å²) >= 11 is 0. The van der Waals surface area contributed by atoms with Gasteiger partial charge in [0.1, 0.15) is 0 Å². The molecule has 3 N–H and O–H groups in total. The Morgan fingerprint density at radius 1 is 1.25 bits per heavy atom. The van der Waals surface area contributed by atoms with Crippen LogP contribution in [0.1, 0.15) is 59.3 Å². The van der Waals surface area contributed by atoms with Crippen molar-refractivity contribution in [2.45, 2.75) is 65.3 Å². The Labute approximate surface area is 123 Å². The molecule has 0 aromatic carbocycles. The predicted octanol–water partition coefficient (Wildman–Crippen LogP) is 2.91. The molecule has 0 aromatic rings. The minimum absolute atomic E-state index is 0.0451. The van der Waals surface area contributed by atoms with Gasteiger partial charge in [0, 0.05) is 19.2 Å². The maximum absolute atomic E-state index is 11.9. The van der Waals surface area contributed by atoms with Crippen LogP contribution < -0.4 is 10.6 Å². The third-order valence-corrected chi connectivity index (χ3v) is 4.24. The van der Waals surface area contributed by atoms with Gasteiger partial charge in [0.05, 0.1) is 0 Å². The minimum atomic E-state index is -0.0451. The molecule has 2 amide bonds. The zero-order valence-corrected chi connectivity index (χ0v) is 13.3. The third kappa shape index (κ3) is 7.13. The highest BCUT2D eigenvalue weighted by atomic mass is 16.3. The van der Waals surface area contributed by atoms with Crippen molar-refractivity contribution in [1.29, 1.82) is 0 Å². The number of urea groups is 1. The monoisotopic (exact) mass is 284 g/mol. The van der Waals surface area contributed by atoms with Gasteiger partial charge in [-0.3, -0.25) is 0 Å². The van der Waals surface area contributed by atoms with Gasteiger partial charge >= 0.3 is 6.03 Å². The Morgan fingerprint density at radius 3 is 2.45 bits per heavy atom. The van der Waals surface area contributed by atoms with Crippen molar-refractivity contribution in [2.75, 3.05) is 13.2 Å². The summed E-state index contributed by atoms with van der Waals surface area (Å²) < 4.78 is 0. The molecule has 1 aliphatic rings. The molecule has 1 aliphatic carbocycles. The van der Waals surface area contributed by atoms with Crippen LogP contribution in [0.25, 0.3) is 0 Å². The van der Waals surface area contributed by atoms with E-state index in [1.54, 1.807) is 0 Å². The highest BCUT2D eigenvalue weighted by Gasteiger charge is 2.20. The number of aliphatic hydroxyl groups is 1. The van der Waals surface area contributed by atoms with Crippen LogP contribution >= 0.6 is 0 Å². The number of amides is 2. The van der Waals surface area contributed by atoms with Crippen LogP contribution in [0.4, 0.5) is 4.79 Å². The molecule has 1 fully saturated rings. The first-order valence-corrected chi connectivity index (χ1v) is 8.16. The second kappa shape index (κ2) is 9.22. The fourth-order valence-electron chi connectivity index (χ4n) is 3.03. The molecule has 4 nitrogen and oxygen atoms in total. The summed E-state index contributed by atoms with van der Waals surface area (Å²) in [6, 6.07) is 0.295. The summed E-state index contributed by atoms with van der Waals surface area (Å²) in [5.41, 5.74) is 0. The molecule has 0 spiro atoms. The molecule has 1 rings (SSSR count). The SMILES string of the molecule is CC(C)CC(CCO)CNC(=O)NC1CCC(C)CC1. The molecule has 1 saturated carbocycles. The first kappa shape index (κ1) is 17.3. The Balaban J connectivity index is 2.23. The summed E-state index contributed by atoms with van der Waals surface area (Å²) in [7, 11) is 0. The fraction of sp³-hybridized carbons (Fsp3) is 0.938. The quantitative estimate of drug-likeness (QED) is 0.673. The Kier molecular flexibility index (Phi) is 7.97. The van der Waals surface area contributed by atoms with E-state index in [9.17, 15) is 4.79 Å². The van der Waals surface area contributed by atoms with Crippen LogP contribution in [-0.4, -0.2) is 30.3 Å². The van der Waals surface area contributed by atoms with Crippen molar-refractivity contribution < 1.29 is 9.90 Å². The summed E-state index contributed by atoms with van der Waals surface area (Å²) in [6.45, 7) is 7.48. The van der Waals surface area contributed by atoms with Gasteiger partial charge in [-0.15, -0.1) is 0 Å². The lowest BCUT2D eigenvalue weighted by atomic mass is 9.87. The zero-order chi connectivity index (χ0) is 15.0. The third-order valence-electron chi connectivity index (χ3n) is 4.24. The van der Waals surface area contributed by atoms with E-state index in [1.165, 1.54) is 12.8 Å². The topological polar surface area (TPSA) is 61.4 Å². The van der Waals surface area contributed by atoms with E-state index in [0.717, 1.165) is 31.6 Å². The number of carbonyl (C=O) groups excluding carboxylic acids is 1. The number of hydrogen-bond donors (Lipinski definition) is 3. The maximum atomic E-state index is 11.9. The van der Waals surface area contributed by atoms with Crippen molar-refractivity contribution >= 4 is 6.03 Å². The Morgan fingerprint density at radius 2 is 1.90 bits per heavy atom. The van der Waals surface area contributed by atoms with Gasteiger partial charge in [0.25, 0.3) is 0 Å². The van der Waals surface area contributed by atoms with E-state index in [1.807, 2.05) is 0 Å². The smallest absolute Gasteiger partial charge is 0.315 e. The molecular formula is C16H32N2O2. The van der Waals surface area contributed by atoms with Crippen LogP contribution in [0, 0.1) is 17.8 Å². The molecule has 1 atom stereocenters. The number of rotatable bonds is 7. The number of aliphatic hydroxyl groups excluding tert-OH is 1. The largest absolute Gasteiger partial charge is 0.396 e. The number of hydrogen-bond acceptors (Lipinski definition) is 2. The van der Waals surface area contributed by atoms with Crippen molar-refractivity contribution in [1.82, 2.24) is 10.6 Å². The van der Waals surface area contributed by atoms with Crippen LogP contribution in [0.5, 0.6) is 0 Å². The van der Waals surface area contributed by atoms with E-state index in [0.29, 0.717) is 24.4 Å². The molecule has 0 heterocycles. The summed E-state index contributed by atoms with van der Waals surface area (Å²) in [5, 5.41) is 15.1. The van der Waals surface area contributed by atoms with Gasteiger partial charge in [-0.2, -0.15) is 0 Å². The molecule has 118 valence electrons. The average Bonchev–Trinajstić information content (AvgIpc) is 2.38. The highest BCUT2D eigenvalue weighted by molar-refractivity contribution is 5.74. The second-order valence-corrected chi connectivity index (χ2v) is 6.82. The molecule has 0 radical (unpaired) electrons.